The number of nitrogens with zero attached hydrogens (tertiary/aromatic N) is 2. The highest BCUT2D eigenvalue weighted by Crippen LogP contribution is 2.45. The van der Waals surface area contributed by atoms with Crippen molar-refractivity contribution < 1.29 is 14.6 Å². The van der Waals surface area contributed by atoms with E-state index in [2.05, 4.69) is 31.9 Å². The summed E-state index contributed by atoms with van der Waals surface area (Å²) in [5, 5.41) is 21.1. The van der Waals surface area contributed by atoms with Gasteiger partial charge in [-0.3, -0.25) is 25.0 Å². The first-order valence-corrected chi connectivity index (χ1v) is 5.05. The van der Waals surface area contributed by atoms with Crippen molar-refractivity contribution in [3.8, 4) is 0 Å². The highest BCUT2D eigenvalue weighted by molar-refractivity contribution is 9.11. The maximum absolute atomic E-state index is 11.5. The smallest absolute Gasteiger partial charge is 0.281 e. The summed E-state index contributed by atoms with van der Waals surface area (Å²) in [5.41, 5.74) is 0. The molecule has 14 heavy (non-hydrogen) atoms. The zero-order chi connectivity index (χ0) is 11.1. The van der Waals surface area contributed by atoms with E-state index in [1.165, 1.54) is 0 Å². The molecule has 0 spiro atoms. The molecule has 0 amide bonds. The lowest BCUT2D eigenvalue weighted by atomic mass is 10.2. The van der Waals surface area contributed by atoms with E-state index in [0.717, 1.165) is 0 Å². The number of hydrogen-bond donors (Lipinski definition) is 0. The number of rotatable bonds is 2. The lowest BCUT2D eigenvalue weighted by molar-refractivity contribution is -0.529. The molecule has 0 radical (unpaired) electrons. The van der Waals surface area contributed by atoms with Crippen LogP contribution in [0.5, 0.6) is 0 Å². The fourth-order valence-electron chi connectivity index (χ4n) is 1.20. The molecule has 1 saturated carbocycles. The molecule has 9 heteroatoms. The van der Waals surface area contributed by atoms with Crippen LogP contribution in [-0.2, 0) is 4.79 Å². The minimum absolute atomic E-state index is 0.203. The van der Waals surface area contributed by atoms with Gasteiger partial charge < -0.3 is 0 Å². The van der Waals surface area contributed by atoms with Crippen LogP contribution >= 0.6 is 31.9 Å². The molecule has 0 aliphatic heterocycles. The molecule has 0 N–H and O–H groups in total. The molecule has 2 atom stereocenters. The molecule has 0 aromatic rings. The van der Waals surface area contributed by atoms with Crippen molar-refractivity contribution >= 4 is 37.6 Å². The predicted octanol–water partition coefficient (Wildman–Crippen LogP) is 1.09. The first-order valence-electron chi connectivity index (χ1n) is 3.47. The Morgan fingerprint density at radius 2 is 1.36 bits per heavy atom. The lowest BCUT2D eigenvalue weighted by Crippen LogP contribution is -2.46. The summed E-state index contributed by atoms with van der Waals surface area (Å²) >= 11 is 5.27. The molecule has 1 aliphatic rings. The van der Waals surface area contributed by atoms with Gasteiger partial charge in [0.1, 0.15) is 0 Å². The van der Waals surface area contributed by atoms with Crippen molar-refractivity contribution in [2.75, 3.05) is 0 Å². The highest BCUT2D eigenvalue weighted by Gasteiger charge is 2.70. The van der Waals surface area contributed by atoms with Gasteiger partial charge >= 0.3 is 14.7 Å². The van der Waals surface area contributed by atoms with E-state index in [4.69, 9.17) is 0 Å². The Kier molecular flexibility index (Phi) is 2.65. The Hall–Kier alpha value is -0.570. The Morgan fingerprint density at radius 1 is 1.07 bits per heavy atom. The highest BCUT2D eigenvalue weighted by atomic mass is 79.9. The molecule has 0 bridgehead atoms. The van der Waals surface area contributed by atoms with Gasteiger partial charge in [-0.1, -0.05) is 0 Å². The number of halogens is 2. The van der Waals surface area contributed by atoms with Crippen LogP contribution in [-0.4, -0.2) is 24.5 Å². The van der Waals surface area contributed by atoms with E-state index < -0.39 is 24.5 Å². The SMILES string of the molecule is O=C1C(Br)([N+](=O)[O-])CCC1(Br)[N+](=O)[O-]. The van der Waals surface area contributed by atoms with Crippen LogP contribution in [0.1, 0.15) is 12.8 Å². The normalized spacial score (nSPS) is 37.1. The van der Waals surface area contributed by atoms with Gasteiger partial charge in [0.25, 0.3) is 0 Å². The number of ketones is 1. The molecule has 1 aliphatic carbocycles. The molecule has 2 unspecified atom stereocenters. The van der Waals surface area contributed by atoms with Gasteiger partial charge in [0.05, 0.1) is 0 Å². The second-order valence-corrected chi connectivity index (χ2v) is 5.49. The van der Waals surface area contributed by atoms with Crippen molar-refractivity contribution in [3.05, 3.63) is 20.2 Å². The van der Waals surface area contributed by atoms with Crippen LogP contribution in [0, 0.1) is 20.2 Å². The van der Waals surface area contributed by atoms with Gasteiger partial charge in [-0.15, -0.1) is 0 Å². The second-order valence-electron chi connectivity index (χ2n) is 2.86. The third kappa shape index (κ3) is 1.34. The summed E-state index contributed by atoms with van der Waals surface area (Å²) in [6, 6.07) is 0. The molecule has 1 rings (SSSR count). The molecule has 0 heterocycles. The number of carbonyl (C=O) groups is 1. The fourth-order valence-corrected chi connectivity index (χ4v) is 2.52. The maximum Gasteiger partial charge on any atom is 0.340 e. The van der Waals surface area contributed by atoms with Crippen molar-refractivity contribution in [1.82, 2.24) is 0 Å². The summed E-state index contributed by atoms with van der Waals surface area (Å²) in [6.45, 7) is 0. The molecule has 78 valence electrons. The quantitative estimate of drug-likeness (QED) is 0.326. The third-order valence-corrected chi connectivity index (χ3v) is 4.15. The van der Waals surface area contributed by atoms with Gasteiger partial charge in [-0.25, -0.2) is 0 Å². The van der Waals surface area contributed by atoms with E-state index in [1.54, 1.807) is 0 Å². The van der Waals surface area contributed by atoms with Gasteiger partial charge in [-0.2, -0.15) is 0 Å². The molecular weight excluding hydrogens is 328 g/mol. The molecular formula is C5H4Br2N2O5. The number of alkyl halides is 2. The topological polar surface area (TPSA) is 103 Å². The van der Waals surface area contributed by atoms with Crippen molar-refractivity contribution in [3.63, 3.8) is 0 Å². The Balaban J connectivity index is 3.12. The van der Waals surface area contributed by atoms with Crippen molar-refractivity contribution in [2.45, 2.75) is 21.7 Å². The molecule has 0 saturated heterocycles. The summed E-state index contributed by atoms with van der Waals surface area (Å²) in [7, 11) is 0. The van der Waals surface area contributed by atoms with Crippen LogP contribution in [0.2, 0.25) is 0 Å². The summed E-state index contributed by atoms with van der Waals surface area (Å²) in [4.78, 5) is 30.8. The van der Waals surface area contributed by atoms with Crippen LogP contribution < -0.4 is 0 Å². The zero-order valence-electron chi connectivity index (χ0n) is 6.61. The monoisotopic (exact) mass is 330 g/mol. The average molecular weight is 332 g/mol. The van der Waals surface area contributed by atoms with E-state index in [9.17, 15) is 25.0 Å². The lowest BCUT2D eigenvalue weighted by Gasteiger charge is -2.11. The van der Waals surface area contributed by atoms with Gasteiger partial charge in [0.2, 0.25) is 0 Å². The maximum atomic E-state index is 11.5. The van der Waals surface area contributed by atoms with Crippen LogP contribution in [0.15, 0.2) is 0 Å². The molecule has 0 aromatic carbocycles. The number of carbonyl (C=O) groups excluding carboxylic acids is 1. The first kappa shape index (κ1) is 11.5. The number of Topliss-reactive ketones (excluding diaryl/α,β-unsaturated/α-hetero) is 1. The van der Waals surface area contributed by atoms with E-state index in [-0.39, 0.29) is 12.8 Å². The van der Waals surface area contributed by atoms with Gasteiger partial charge in [0.15, 0.2) is 0 Å². The minimum atomic E-state index is -2.02. The summed E-state index contributed by atoms with van der Waals surface area (Å²) in [5.74, 6) is -1.07. The molecule has 1 fully saturated rings. The van der Waals surface area contributed by atoms with Gasteiger partial charge in [-0.05, 0) is 0 Å². The Labute approximate surface area is 94.4 Å². The third-order valence-electron chi connectivity index (χ3n) is 2.06. The van der Waals surface area contributed by atoms with Crippen LogP contribution in [0.4, 0.5) is 0 Å². The summed E-state index contributed by atoms with van der Waals surface area (Å²) in [6.07, 6.45) is -0.407. The predicted molar refractivity (Wildman–Crippen MR) is 51.5 cm³/mol. The fraction of sp³-hybridized carbons (Fsp3) is 0.800. The summed E-state index contributed by atoms with van der Waals surface area (Å²) < 4.78 is -4.05. The molecule has 7 nitrogen and oxygen atoms in total. The average Bonchev–Trinajstić information content (AvgIpc) is 2.32. The minimum Gasteiger partial charge on any atom is -0.281 e. The largest absolute Gasteiger partial charge is 0.340 e. The van der Waals surface area contributed by atoms with E-state index in [0.29, 0.717) is 0 Å². The Bertz CT molecular complexity index is 304. The van der Waals surface area contributed by atoms with Crippen molar-refractivity contribution in [1.29, 1.82) is 0 Å². The second kappa shape index (κ2) is 3.23. The Morgan fingerprint density at radius 3 is 1.50 bits per heavy atom. The van der Waals surface area contributed by atoms with Gasteiger partial charge in [0, 0.05) is 54.5 Å². The number of hydrogen-bond acceptors (Lipinski definition) is 5. The van der Waals surface area contributed by atoms with E-state index >= 15 is 0 Å². The standard InChI is InChI=1S/C5H4Br2N2O5/c6-4(8(11)12)1-2-5(7,3(4)10)9(13)14/h1-2H2. The zero-order valence-corrected chi connectivity index (χ0v) is 9.78. The number of nitro groups is 2. The van der Waals surface area contributed by atoms with E-state index in [1.807, 2.05) is 0 Å². The molecule has 0 aromatic heterocycles. The first-order chi connectivity index (χ1) is 6.25. The van der Waals surface area contributed by atoms with Crippen LogP contribution in [0.3, 0.4) is 0 Å². The van der Waals surface area contributed by atoms with Crippen LogP contribution in [0.25, 0.3) is 0 Å². The van der Waals surface area contributed by atoms with Crippen molar-refractivity contribution in [2.24, 2.45) is 0 Å².